The Balaban J connectivity index is 1.49. The van der Waals surface area contributed by atoms with E-state index in [1.54, 1.807) is 6.20 Å². The molecule has 4 rings (SSSR count). The summed E-state index contributed by atoms with van der Waals surface area (Å²) in [5.41, 5.74) is 5.60. The number of aromatic nitrogens is 3. The quantitative estimate of drug-likeness (QED) is 0.473. The number of carbonyl (C=O) groups is 1. The third-order valence-electron chi connectivity index (χ3n) is 4.80. The van der Waals surface area contributed by atoms with Gasteiger partial charge in [0.2, 0.25) is 5.91 Å². The minimum Gasteiger partial charge on any atom is -0.322 e. The summed E-state index contributed by atoms with van der Waals surface area (Å²) in [5, 5.41) is 8.71. The first-order valence-electron chi connectivity index (χ1n) is 9.42. The number of hydrogen-bond acceptors (Lipinski definition) is 4. The molecule has 29 heavy (non-hydrogen) atoms. The van der Waals surface area contributed by atoms with Crippen molar-refractivity contribution < 1.29 is 4.79 Å². The second-order valence-corrected chi connectivity index (χ2v) is 7.97. The van der Waals surface area contributed by atoms with E-state index in [9.17, 15) is 4.79 Å². The van der Waals surface area contributed by atoms with E-state index in [1.807, 2.05) is 61.0 Å². The van der Waals surface area contributed by atoms with Crippen molar-refractivity contribution in [3.63, 3.8) is 0 Å². The van der Waals surface area contributed by atoms with Crippen LogP contribution in [0.4, 0.5) is 5.69 Å². The van der Waals surface area contributed by atoms with Crippen molar-refractivity contribution in [3.8, 4) is 5.69 Å². The molecule has 0 saturated carbocycles. The SMILES string of the molecule is Cc1ccc(-n2nc(C)c(NC(=O)CSc3ccnc4ccccc34)c2C)cc1. The van der Waals surface area contributed by atoms with Crippen molar-refractivity contribution >= 4 is 34.3 Å². The molecule has 2 heterocycles. The molecular formula is C23H22N4OS. The summed E-state index contributed by atoms with van der Waals surface area (Å²) in [6.07, 6.45) is 1.78. The molecule has 0 radical (unpaired) electrons. The molecule has 0 fully saturated rings. The van der Waals surface area contributed by atoms with Crippen molar-refractivity contribution in [1.82, 2.24) is 14.8 Å². The number of benzene rings is 2. The molecular weight excluding hydrogens is 380 g/mol. The average molecular weight is 403 g/mol. The van der Waals surface area contributed by atoms with Crippen molar-refractivity contribution in [2.45, 2.75) is 25.7 Å². The lowest BCUT2D eigenvalue weighted by molar-refractivity contribution is -0.113. The number of fused-ring (bicyclic) bond motifs is 1. The predicted octanol–water partition coefficient (Wildman–Crippen LogP) is 5.08. The van der Waals surface area contributed by atoms with Gasteiger partial charge in [-0.3, -0.25) is 9.78 Å². The third-order valence-corrected chi connectivity index (χ3v) is 5.88. The number of anilines is 1. The maximum absolute atomic E-state index is 12.6. The second-order valence-electron chi connectivity index (χ2n) is 6.96. The van der Waals surface area contributed by atoms with Crippen molar-refractivity contribution in [2.24, 2.45) is 0 Å². The lowest BCUT2D eigenvalue weighted by Crippen LogP contribution is -2.15. The van der Waals surface area contributed by atoms with Crippen LogP contribution in [0.25, 0.3) is 16.6 Å². The molecule has 0 saturated heterocycles. The number of aryl methyl sites for hydroxylation is 2. The van der Waals surface area contributed by atoms with E-state index in [1.165, 1.54) is 17.3 Å². The highest BCUT2D eigenvalue weighted by molar-refractivity contribution is 8.00. The highest BCUT2D eigenvalue weighted by Crippen LogP contribution is 2.27. The van der Waals surface area contributed by atoms with E-state index in [-0.39, 0.29) is 5.91 Å². The van der Waals surface area contributed by atoms with E-state index in [2.05, 4.69) is 34.5 Å². The first kappa shape index (κ1) is 19.2. The first-order valence-corrected chi connectivity index (χ1v) is 10.4. The van der Waals surface area contributed by atoms with Crippen LogP contribution in [-0.4, -0.2) is 26.4 Å². The fraction of sp³-hybridized carbons (Fsp3) is 0.174. The number of rotatable bonds is 5. The molecule has 0 spiro atoms. The van der Waals surface area contributed by atoms with Crippen LogP contribution in [0.3, 0.4) is 0 Å². The Morgan fingerprint density at radius 2 is 1.79 bits per heavy atom. The van der Waals surface area contributed by atoms with Crippen LogP contribution in [0.5, 0.6) is 0 Å². The number of thioether (sulfide) groups is 1. The molecule has 0 atom stereocenters. The van der Waals surface area contributed by atoms with E-state index in [4.69, 9.17) is 0 Å². The van der Waals surface area contributed by atoms with Gasteiger partial charge in [-0.2, -0.15) is 5.10 Å². The molecule has 146 valence electrons. The zero-order chi connectivity index (χ0) is 20.4. The number of amides is 1. The van der Waals surface area contributed by atoms with Gasteiger partial charge in [-0.1, -0.05) is 35.9 Å². The van der Waals surface area contributed by atoms with Gasteiger partial charge in [-0.05, 0) is 45.0 Å². The smallest absolute Gasteiger partial charge is 0.234 e. The Kier molecular flexibility index (Phi) is 5.36. The Bertz CT molecular complexity index is 1180. The highest BCUT2D eigenvalue weighted by atomic mass is 32.2. The normalized spacial score (nSPS) is 11.0. The van der Waals surface area contributed by atoms with Crippen LogP contribution < -0.4 is 5.32 Å². The number of pyridine rings is 1. The monoisotopic (exact) mass is 402 g/mol. The van der Waals surface area contributed by atoms with Crippen molar-refractivity contribution in [3.05, 3.63) is 77.7 Å². The van der Waals surface area contributed by atoms with E-state index >= 15 is 0 Å². The van der Waals surface area contributed by atoms with Crippen LogP contribution in [0, 0.1) is 20.8 Å². The predicted molar refractivity (Wildman–Crippen MR) is 119 cm³/mol. The standard InChI is InChI=1S/C23H22N4OS/c1-15-8-10-18(11-9-15)27-17(3)23(16(2)26-27)25-22(28)14-29-21-12-13-24-20-7-5-4-6-19(20)21/h4-13H,14H2,1-3H3,(H,25,28). The Hall–Kier alpha value is -3.12. The van der Waals surface area contributed by atoms with Gasteiger partial charge in [-0.15, -0.1) is 11.8 Å². The molecule has 2 aromatic carbocycles. The third kappa shape index (κ3) is 4.03. The van der Waals surface area contributed by atoms with Gasteiger partial charge in [-0.25, -0.2) is 4.68 Å². The summed E-state index contributed by atoms with van der Waals surface area (Å²) < 4.78 is 1.87. The summed E-state index contributed by atoms with van der Waals surface area (Å²) in [5.74, 6) is 0.272. The van der Waals surface area contributed by atoms with E-state index in [0.29, 0.717) is 5.75 Å². The molecule has 4 aromatic rings. The minimum atomic E-state index is -0.0504. The topological polar surface area (TPSA) is 59.8 Å². The number of para-hydroxylation sites is 1. The van der Waals surface area contributed by atoms with Crippen LogP contribution in [0.2, 0.25) is 0 Å². The van der Waals surface area contributed by atoms with Gasteiger partial charge in [0.05, 0.1) is 34.0 Å². The van der Waals surface area contributed by atoms with Gasteiger partial charge in [0.25, 0.3) is 0 Å². The largest absolute Gasteiger partial charge is 0.322 e. The first-order chi connectivity index (χ1) is 14.0. The molecule has 0 bridgehead atoms. The molecule has 0 aliphatic carbocycles. The zero-order valence-electron chi connectivity index (χ0n) is 16.6. The molecule has 5 nitrogen and oxygen atoms in total. The summed E-state index contributed by atoms with van der Waals surface area (Å²) in [6, 6.07) is 18.1. The van der Waals surface area contributed by atoms with Gasteiger partial charge >= 0.3 is 0 Å². The van der Waals surface area contributed by atoms with Crippen LogP contribution in [-0.2, 0) is 4.79 Å². The zero-order valence-corrected chi connectivity index (χ0v) is 17.5. The number of hydrogen-bond donors (Lipinski definition) is 1. The van der Waals surface area contributed by atoms with Crippen molar-refractivity contribution in [2.75, 3.05) is 11.1 Å². The van der Waals surface area contributed by atoms with Gasteiger partial charge in [0.1, 0.15) is 0 Å². The number of carbonyl (C=O) groups excluding carboxylic acids is 1. The van der Waals surface area contributed by atoms with Crippen LogP contribution in [0.1, 0.15) is 17.0 Å². The lowest BCUT2D eigenvalue weighted by Gasteiger charge is -2.08. The fourth-order valence-electron chi connectivity index (χ4n) is 3.28. The molecule has 0 unspecified atom stereocenters. The Morgan fingerprint density at radius 1 is 1.03 bits per heavy atom. The number of nitrogens with zero attached hydrogens (tertiary/aromatic N) is 3. The Morgan fingerprint density at radius 3 is 2.59 bits per heavy atom. The molecule has 0 aliphatic heterocycles. The van der Waals surface area contributed by atoms with Crippen LogP contribution in [0.15, 0.2) is 65.7 Å². The minimum absolute atomic E-state index is 0.0504. The highest BCUT2D eigenvalue weighted by Gasteiger charge is 2.15. The summed E-state index contributed by atoms with van der Waals surface area (Å²) in [4.78, 5) is 18.1. The second kappa shape index (κ2) is 8.09. The van der Waals surface area contributed by atoms with Gasteiger partial charge in [0, 0.05) is 16.5 Å². The summed E-state index contributed by atoms with van der Waals surface area (Å²) in [6.45, 7) is 5.94. The molecule has 2 aromatic heterocycles. The summed E-state index contributed by atoms with van der Waals surface area (Å²) >= 11 is 1.51. The summed E-state index contributed by atoms with van der Waals surface area (Å²) in [7, 11) is 0. The van der Waals surface area contributed by atoms with E-state index in [0.717, 1.165) is 38.6 Å². The van der Waals surface area contributed by atoms with Crippen LogP contribution >= 0.6 is 11.8 Å². The maximum atomic E-state index is 12.6. The Labute approximate surface area is 174 Å². The lowest BCUT2D eigenvalue weighted by atomic mass is 10.2. The number of nitrogens with one attached hydrogen (secondary N) is 1. The molecule has 1 N–H and O–H groups in total. The van der Waals surface area contributed by atoms with Gasteiger partial charge < -0.3 is 5.32 Å². The fourth-order valence-corrected chi connectivity index (χ4v) is 4.12. The average Bonchev–Trinajstić information content (AvgIpc) is 3.01. The molecule has 0 aliphatic rings. The maximum Gasteiger partial charge on any atom is 0.234 e. The molecule has 1 amide bonds. The molecule has 6 heteroatoms. The van der Waals surface area contributed by atoms with Crippen molar-refractivity contribution in [1.29, 1.82) is 0 Å². The van der Waals surface area contributed by atoms with E-state index < -0.39 is 0 Å². The van der Waals surface area contributed by atoms with Gasteiger partial charge in [0.15, 0.2) is 0 Å².